The second kappa shape index (κ2) is 6.38. The Labute approximate surface area is 133 Å². The lowest BCUT2D eigenvalue weighted by Gasteiger charge is -2.35. The highest BCUT2D eigenvalue weighted by atomic mass is 32.1. The Balaban J connectivity index is 1.60. The minimum Gasteiger partial charge on any atom is -0.481 e. The largest absolute Gasteiger partial charge is 0.481 e. The molecule has 3 rings (SSSR count). The molecule has 2 atom stereocenters. The average molecular weight is 323 g/mol. The van der Waals surface area contributed by atoms with Crippen molar-refractivity contribution in [3.8, 4) is 0 Å². The highest BCUT2D eigenvalue weighted by Crippen LogP contribution is 2.33. The average Bonchev–Trinajstić information content (AvgIpc) is 3.15. The van der Waals surface area contributed by atoms with Crippen LogP contribution in [0.4, 0.5) is 0 Å². The van der Waals surface area contributed by atoms with Gasteiger partial charge in [-0.2, -0.15) is 11.3 Å². The Morgan fingerprint density at radius 2 is 2.00 bits per heavy atom. The zero-order valence-electron chi connectivity index (χ0n) is 12.7. The van der Waals surface area contributed by atoms with Gasteiger partial charge in [0, 0.05) is 25.1 Å². The van der Waals surface area contributed by atoms with Crippen molar-refractivity contribution in [2.24, 2.45) is 11.8 Å². The second-order valence-corrected chi connectivity index (χ2v) is 6.91. The summed E-state index contributed by atoms with van der Waals surface area (Å²) in [5.74, 6) is -0.795. The maximum atomic E-state index is 12.5. The summed E-state index contributed by atoms with van der Waals surface area (Å²) in [6, 6.07) is 0. The number of carbonyl (C=O) groups is 2. The summed E-state index contributed by atoms with van der Waals surface area (Å²) in [6.45, 7) is 3.87. The number of amides is 1. The molecule has 0 aliphatic carbocycles. The molecule has 3 heterocycles. The highest BCUT2D eigenvalue weighted by molar-refractivity contribution is 7.08. The third-order valence-electron chi connectivity index (χ3n) is 4.83. The first-order chi connectivity index (χ1) is 10.6. The summed E-state index contributed by atoms with van der Waals surface area (Å²) < 4.78 is 5.67. The van der Waals surface area contributed by atoms with Gasteiger partial charge in [-0.15, -0.1) is 0 Å². The molecule has 0 saturated carbocycles. The number of hydrogen-bond donors (Lipinski definition) is 1. The van der Waals surface area contributed by atoms with Crippen LogP contribution in [-0.2, 0) is 9.53 Å². The summed E-state index contributed by atoms with van der Waals surface area (Å²) >= 11 is 1.55. The van der Waals surface area contributed by atoms with Crippen LogP contribution in [0, 0.1) is 18.8 Å². The van der Waals surface area contributed by atoms with Gasteiger partial charge in [0.15, 0.2) is 0 Å². The van der Waals surface area contributed by atoms with E-state index in [0.29, 0.717) is 26.1 Å². The molecule has 0 bridgehead atoms. The number of thiophene rings is 1. The van der Waals surface area contributed by atoms with Crippen molar-refractivity contribution < 1.29 is 19.4 Å². The summed E-state index contributed by atoms with van der Waals surface area (Å²) in [5.41, 5.74) is 1.83. The van der Waals surface area contributed by atoms with Crippen LogP contribution >= 0.6 is 11.3 Å². The number of rotatable bonds is 3. The molecule has 2 aliphatic rings. The van der Waals surface area contributed by atoms with Crippen molar-refractivity contribution in [3.63, 3.8) is 0 Å². The third-order valence-corrected chi connectivity index (χ3v) is 5.69. The van der Waals surface area contributed by atoms with Crippen molar-refractivity contribution >= 4 is 23.2 Å². The van der Waals surface area contributed by atoms with E-state index in [9.17, 15) is 14.7 Å². The predicted molar refractivity (Wildman–Crippen MR) is 83.2 cm³/mol. The number of aliphatic carboxylic acids is 1. The van der Waals surface area contributed by atoms with Crippen molar-refractivity contribution in [1.29, 1.82) is 0 Å². The zero-order chi connectivity index (χ0) is 15.7. The van der Waals surface area contributed by atoms with Crippen LogP contribution in [0.3, 0.4) is 0 Å². The van der Waals surface area contributed by atoms with Gasteiger partial charge in [-0.1, -0.05) is 0 Å². The number of carboxylic acid groups (broad SMARTS) is 1. The van der Waals surface area contributed by atoms with Crippen molar-refractivity contribution in [1.82, 2.24) is 4.90 Å². The Kier molecular flexibility index (Phi) is 4.49. The van der Waals surface area contributed by atoms with Crippen LogP contribution in [0.15, 0.2) is 10.8 Å². The second-order valence-electron chi connectivity index (χ2n) is 6.17. The number of aryl methyl sites for hydroxylation is 1. The van der Waals surface area contributed by atoms with E-state index in [1.807, 2.05) is 22.6 Å². The molecule has 1 aromatic rings. The maximum absolute atomic E-state index is 12.5. The van der Waals surface area contributed by atoms with E-state index < -0.39 is 5.97 Å². The van der Waals surface area contributed by atoms with Gasteiger partial charge in [-0.25, -0.2) is 0 Å². The van der Waals surface area contributed by atoms with Crippen LogP contribution in [0.5, 0.6) is 0 Å². The number of hydrogen-bond acceptors (Lipinski definition) is 4. The molecule has 0 aromatic carbocycles. The molecular formula is C16H21NO4S. The predicted octanol–water partition coefficient (Wildman–Crippen LogP) is 2.40. The summed E-state index contributed by atoms with van der Waals surface area (Å²) in [5, 5.41) is 13.2. The van der Waals surface area contributed by atoms with E-state index in [0.717, 1.165) is 24.0 Å². The smallest absolute Gasteiger partial charge is 0.309 e. The zero-order valence-corrected chi connectivity index (χ0v) is 13.5. The molecule has 1 N–H and O–H groups in total. The standard InChI is InChI=1S/C16H21NO4S/c1-10-8-22-9-13(10)15(18)17-5-2-11(3-6-17)14-12(16(19)20)4-7-21-14/h8-9,11-12,14H,2-7H2,1H3,(H,19,20)/t12?,14-/m0/s1. The van der Waals surface area contributed by atoms with Gasteiger partial charge in [0.1, 0.15) is 0 Å². The van der Waals surface area contributed by atoms with Gasteiger partial charge in [0.2, 0.25) is 0 Å². The van der Waals surface area contributed by atoms with Gasteiger partial charge in [-0.05, 0) is 43.0 Å². The fourth-order valence-electron chi connectivity index (χ4n) is 3.52. The minimum atomic E-state index is -0.755. The molecule has 1 aromatic heterocycles. The lowest BCUT2D eigenvalue weighted by Crippen LogP contribution is -2.43. The summed E-state index contributed by atoms with van der Waals surface area (Å²) in [4.78, 5) is 25.7. The number of likely N-dealkylation sites (tertiary alicyclic amines) is 1. The molecule has 5 nitrogen and oxygen atoms in total. The third kappa shape index (κ3) is 2.90. The molecule has 1 unspecified atom stereocenters. The molecule has 2 aliphatic heterocycles. The number of carboxylic acids is 1. The number of ether oxygens (including phenoxy) is 1. The van der Waals surface area contributed by atoms with Crippen molar-refractivity contribution in [2.75, 3.05) is 19.7 Å². The Bertz CT molecular complexity index is 562. The van der Waals surface area contributed by atoms with Crippen LogP contribution < -0.4 is 0 Å². The van der Waals surface area contributed by atoms with Gasteiger partial charge in [-0.3, -0.25) is 9.59 Å². The topological polar surface area (TPSA) is 66.8 Å². The minimum absolute atomic E-state index is 0.0966. The highest BCUT2D eigenvalue weighted by Gasteiger charge is 2.40. The van der Waals surface area contributed by atoms with E-state index in [4.69, 9.17) is 4.74 Å². The molecular weight excluding hydrogens is 302 g/mol. The van der Waals surface area contributed by atoms with Gasteiger partial charge in [0.25, 0.3) is 5.91 Å². The first-order valence-electron chi connectivity index (χ1n) is 7.74. The van der Waals surface area contributed by atoms with Crippen LogP contribution in [0.1, 0.15) is 35.2 Å². The summed E-state index contributed by atoms with van der Waals surface area (Å²) in [7, 11) is 0. The molecule has 2 saturated heterocycles. The van der Waals surface area contributed by atoms with Gasteiger partial charge < -0.3 is 14.7 Å². The van der Waals surface area contributed by atoms with Crippen molar-refractivity contribution in [2.45, 2.75) is 32.3 Å². The van der Waals surface area contributed by atoms with Gasteiger partial charge >= 0.3 is 5.97 Å². The number of nitrogens with zero attached hydrogens (tertiary/aromatic N) is 1. The SMILES string of the molecule is Cc1cscc1C(=O)N1CCC([C@@H]2OCCC2C(=O)O)CC1. The maximum Gasteiger partial charge on any atom is 0.309 e. The normalized spacial score (nSPS) is 26.3. The number of piperidine rings is 1. The molecule has 0 radical (unpaired) electrons. The van der Waals surface area contributed by atoms with E-state index in [-0.39, 0.29) is 23.8 Å². The molecule has 6 heteroatoms. The fourth-order valence-corrected chi connectivity index (χ4v) is 4.34. The lowest BCUT2D eigenvalue weighted by atomic mass is 9.84. The fraction of sp³-hybridized carbons (Fsp3) is 0.625. The monoisotopic (exact) mass is 323 g/mol. The van der Waals surface area contributed by atoms with Crippen LogP contribution in [0.2, 0.25) is 0 Å². The van der Waals surface area contributed by atoms with E-state index in [1.54, 1.807) is 11.3 Å². The Morgan fingerprint density at radius 3 is 2.59 bits per heavy atom. The van der Waals surface area contributed by atoms with Crippen LogP contribution in [-0.4, -0.2) is 47.7 Å². The molecule has 120 valence electrons. The number of carbonyl (C=O) groups excluding carboxylic acids is 1. The lowest BCUT2D eigenvalue weighted by molar-refractivity contribution is -0.145. The first kappa shape index (κ1) is 15.5. The Morgan fingerprint density at radius 1 is 1.27 bits per heavy atom. The van der Waals surface area contributed by atoms with Crippen molar-refractivity contribution in [3.05, 3.63) is 21.9 Å². The first-order valence-corrected chi connectivity index (χ1v) is 8.68. The molecule has 0 spiro atoms. The van der Waals surface area contributed by atoms with Gasteiger partial charge in [0.05, 0.1) is 17.6 Å². The molecule has 2 fully saturated rings. The van der Waals surface area contributed by atoms with Crippen LogP contribution in [0.25, 0.3) is 0 Å². The molecule has 22 heavy (non-hydrogen) atoms. The van der Waals surface area contributed by atoms with E-state index in [2.05, 4.69) is 0 Å². The summed E-state index contributed by atoms with van der Waals surface area (Å²) in [6.07, 6.45) is 2.07. The quantitative estimate of drug-likeness (QED) is 0.927. The van der Waals surface area contributed by atoms with E-state index >= 15 is 0 Å². The molecule has 1 amide bonds. The van der Waals surface area contributed by atoms with E-state index in [1.165, 1.54) is 0 Å². The Hall–Kier alpha value is -1.40.